The van der Waals surface area contributed by atoms with Gasteiger partial charge in [-0.1, -0.05) is 121 Å². The van der Waals surface area contributed by atoms with Crippen molar-refractivity contribution >= 4 is 81.3 Å². The third-order valence-electron chi connectivity index (χ3n) is 9.65. The fraction of sp³-hybridized carbons (Fsp3) is 0. The van der Waals surface area contributed by atoms with E-state index >= 15 is 0 Å². The van der Waals surface area contributed by atoms with Gasteiger partial charge in [0, 0.05) is 48.0 Å². The zero-order valence-electron chi connectivity index (χ0n) is 26.5. The van der Waals surface area contributed by atoms with Gasteiger partial charge in [0.25, 0.3) is 0 Å². The third-order valence-corrected chi connectivity index (χ3v) is 10.9. The van der Waals surface area contributed by atoms with Gasteiger partial charge in [-0.2, -0.15) is 0 Å². The van der Waals surface area contributed by atoms with Gasteiger partial charge in [-0.15, -0.1) is 11.3 Å². The van der Waals surface area contributed by atoms with Crippen molar-refractivity contribution in [2.75, 3.05) is 4.90 Å². The minimum atomic E-state index is 0.902. The lowest BCUT2D eigenvalue weighted by Crippen LogP contribution is -2.10. The summed E-state index contributed by atoms with van der Waals surface area (Å²) in [6.45, 7) is 0. The Labute approximate surface area is 287 Å². The number of hydrogen-bond acceptors (Lipinski definition) is 3. The molecular formula is C46H29NOS. The molecule has 0 aliphatic carbocycles. The van der Waals surface area contributed by atoms with E-state index in [1.807, 2.05) is 23.5 Å². The lowest BCUT2D eigenvalue weighted by Gasteiger charge is -2.26. The van der Waals surface area contributed by atoms with E-state index in [1.54, 1.807) is 0 Å². The van der Waals surface area contributed by atoms with Crippen molar-refractivity contribution < 1.29 is 4.42 Å². The minimum Gasteiger partial charge on any atom is -0.456 e. The highest BCUT2D eigenvalue weighted by Gasteiger charge is 2.18. The van der Waals surface area contributed by atoms with Crippen LogP contribution in [0.4, 0.5) is 17.1 Å². The van der Waals surface area contributed by atoms with Crippen LogP contribution in [-0.2, 0) is 0 Å². The second-order valence-electron chi connectivity index (χ2n) is 12.5. The fourth-order valence-corrected chi connectivity index (χ4v) is 8.58. The van der Waals surface area contributed by atoms with Crippen LogP contribution in [0.3, 0.4) is 0 Å². The molecule has 2 heterocycles. The highest BCUT2D eigenvalue weighted by atomic mass is 32.1. The van der Waals surface area contributed by atoms with Crippen LogP contribution in [0.1, 0.15) is 0 Å². The van der Waals surface area contributed by atoms with Crippen molar-refractivity contribution in [2.24, 2.45) is 0 Å². The van der Waals surface area contributed by atoms with Crippen LogP contribution >= 0.6 is 11.3 Å². The van der Waals surface area contributed by atoms with E-state index in [4.69, 9.17) is 4.42 Å². The second kappa shape index (κ2) is 11.2. The number of anilines is 3. The molecule has 0 saturated heterocycles. The maximum absolute atomic E-state index is 6.26. The van der Waals surface area contributed by atoms with Gasteiger partial charge in [0.2, 0.25) is 0 Å². The molecule has 0 bridgehead atoms. The van der Waals surface area contributed by atoms with Crippen molar-refractivity contribution in [1.29, 1.82) is 0 Å². The lowest BCUT2D eigenvalue weighted by molar-refractivity contribution is 0.669. The summed E-state index contributed by atoms with van der Waals surface area (Å²) >= 11 is 1.88. The van der Waals surface area contributed by atoms with E-state index in [1.165, 1.54) is 42.1 Å². The smallest absolute Gasteiger partial charge is 0.136 e. The minimum absolute atomic E-state index is 0.902. The largest absolute Gasteiger partial charge is 0.456 e. The van der Waals surface area contributed by atoms with Gasteiger partial charge in [-0.25, -0.2) is 0 Å². The van der Waals surface area contributed by atoms with Gasteiger partial charge in [0.15, 0.2) is 0 Å². The first-order valence-corrected chi connectivity index (χ1v) is 17.4. The van der Waals surface area contributed by atoms with Crippen LogP contribution in [0.15, 0.2) is 180 Å². The van der Waals surface area contributed by atoms with Crippen molar-refractivity contribution in [3.05, 3.63) is 176 Å². The summed E-state index contributed by atoms with van der Waals surface area (Å²) in [7, 11) is 0. The predicted octanol–water partition coefficient (Wildman–Crippen LogP) is 13.9. The molecule has 3 heteroatoms. The fourth-order valence-electron chi connectivity index (χ4n) is 7.35. The Morgan fingerprint density at radius 2 is 1.08 bits per heavy atom. The maximum atomic E-state index is 6.26. The standard InChI is InChI=1S/C46H29NOS/c1-2-10-30(11-3-1)31-20-23-34(24-21-31)47(36-25-27-38-33(29-36)22-26-40-39-14-5-7-19-44(39)49-46(38)40)35-13-8-12-32(28-35)37-16-9-18-43-45(37)41-15-4-6-17-42(41)48-43/h1-29H. The van der Waals surface area contributed by atoms with Crippen molar-refractivity contribution in [1.82, 2.24) is 0 Å². The molecule has 49 heavy (non-hydrogen) atoms. The summed E-state index contributed by atoms with van der Waals surface area (Å²) in [5, 5.41) is 7.44. The molecular weight excluding hydrogens is 615 g/mol. The van der Waals surface area contributed by atoms with E-state index in [0.717, 1.165) is 50.1 Å². The average Bonchev–Trinajstić information content (AvgIpc) is 3.75. The molecule has 8 aromatic carbocycles. The molecule has 0 aliphatic heterocycles. The quantitative estimate of drug-likeness (QED) is 0.186. The Balaban J connectivity index is 1.15. The number of benzene rings is 8. The van der Waals surface area contributed by atoms with Gasteiger partial charge in [0.1, 0.15) is 11.2 Å². The molecule has 0 aliphatic rings. The molecule has 0 saturated carbocycles. The summed E-state index contributed by atoms with van der Waals surface area (Å²) in [5.41, 5.74) is 9.84. The summed E-state index contributed by atoms with van der Waals surface area (Å²) in [4.78, 5) is 2.38. The Bertz CT molecular complexity index is 2830. The number of thiophene rings is 1. The molecule has 0 radical (unpaired) electrons. The van der Waals surface area contributed by atoms with Crippen LogP contribution < -0.4 is 4.90 Å². The van der Waals surface area contributed by atoms with Crippen LogP contribution in [0.2, 0.25) is 0 Å². The summed E-state index contributed by atoms with van der Waals surface area (Å²) in [6.07, 6.45) is 0. The van der Waals surface area contributed by atoms with Crippen LogP contribution in [0.25, 0.3) is 75.1 Å². The monoisotopic (exact) mass is 643 g/mol. The molecule has 2 nitrogen and oxygen atoms in total. The Kier molecular flexibility index (Phi) is 6.39. The number of furan rings is 1. The van der Waals surface area contributed by atoms with Crippen molar-refractivity contribution in [2.45, 2.75) is 0 Å². The predicted molar refractivity (Wildman–Crippen MR) is 210 cm³/mol. The molecule has 10 aromatic rings. The summed E-state index contributed by atoms with van der Waals surface area (Å²) in [6, 6.07) is 63.2. The van der Waals surface area contributed by atoms with Gasteiger partial charge < -0.3 is 9.32 Å². The zero-order valence-corrected chi connectivity index (χ0v) is 27.3. The number of hydrogen-bond donors (Lipinski definition) is 0. The number of fused-ring (bicyclic) bond motifs is 8. The van der Waals surface area contributed by atoms with E-state index in [-0.39, 0.29) is 0 Å². The van der Waals surface area contributed by atoms with E-state index in [2.05, 4.69) is 169 Å². The normalized spacial score (nSPS) is 11.7. The molecule has 0 fully saturated rings. The first-order valence-electron chi connectivity index (χ1n) is 16.6. The van der Waals surface area contributed by atoms with E-state index in [9.17, 15) is 0 Å². The summed E-state index contributed by atoms with van der Waals surface area (Å²) in [5.74, 6) is 0. The molecule has 2 aromatic heterocycles. The van der Waals surface area contributed by atoms with Gasteiger partial charge in [-0.05, 0) is 87.6 Å². The maximum Gasteiger partial charge on any atom is 0.136 e. The highest BCUT2D eigenvalue weighted by Crippen LogP contribution is 2.43. The topological polar surface area (TPSA) is 16.4 Å². The number of para-hydroxylation sites is 1. The van der Waals surface area contributed by atoms with Crippen LogP contribution in [0.5, 0.6) is 0 Å². The molecule has 230 valence electrons. The SMILES string of the molecule is c1ccc(-c2ccc(N(c3cccc(-c4cccc5oc6ccccc6c45)c3)c3ccc4c(ccc5c6ccccc6sc45)c3)cc2)cc1. The van der Waals surface area contributed by atoms with Crippen molar-refractivity contribution in [3.63, 3.8) is 0 Å². The summed E-state index contributed by atoms with van der Waals surface area (Å²) < 4.78 is 8.92. The van der Waals surface area contributed by atoms with Crippen molar-refractivity contribution in [3.8, 4) is 22.3 Å². The third kappa shape index (κ3) is 4.62. The average molecular weight is 644 g/mol. The Morgan fingerprint density at radius 1 is 0.408 bits per heavy atom. The first kappa shape index (κ1) is 27.9. The van der Waals surface area contributed by atoms with E-state index in [0.29, 0.717) is 0 Å². The molecule has 0 spiro atoms. The lowest BCUT2D eigenvalue weighted by atomic mass is 9.98. The van der Waals surface area contributed by atoms with Gasteiger partial charge in [-0.3, -0.25) is 0 Å². The zero-order chi connectivity index (χ0) is 32.3. The number of nitrogens with zero attached hydrogens (tertiary/aromatic N) is 1. The Morgan fingerprint density at radius 3 is 1.98 bits per heavy atom. The molecule has 0 amide bonds. The molecule has 0 unspecified atom stereocenters. The van der Waals surface area contributed by atoms with Crippen LogP contribution in [0, 0.1) is 0 Å². The molecule has 10 rings (SSSR count). The molecule has 0 N–H and O–H groups in total. The van der Waals surface area contributed by atoms with Crippen LogP contribution in [-0.4, -0.2) is 0 Å². The molecule has 0 atom stereocenters. The Hall–Kier alpha value is -6.16. The second-order valence-corrected chi connectivity index (χ2v) is 13.6. The number of rotatable bonds is 5. The van der Waals surface area contributed by atoms with E-state index < -0.39 is 0 Å². The highest BCUT2D eigenvalue weighted by molar-refractivity contribution is 7.26. The first-order chi connectivity index (χ1) is 24.3. The van der Waals surface area contributed by atoms with Gasteiger partial charge >= 0.3 is 0 Å². The van der Waals surface area contributed by atoms with Gasteiger partial charge in [0.05, 0.1) is 0 Å².